The van der Waals surface area contributed by atoms with Crippen LogP contribution in [0.5, 0.6) is 11.5 Å². The SMILES string of the molecule is COc1cc(Cl)ccc1O[C@@H](c1ccccn1)[C@@H]1CNCCO1.O=C(O)/C=C/C(=O)O. The van der Waals surface area contributed by atoms with E-state index in [1.54, 1.807) is 31.5 Å². The minimum Gasteiger partial charge on any atom is -0.493 e. The Morgan fingerprint density at radius 3 is 2.52 bits per heavy atom. The van der Waals surface area contributed by atoms with Gasteiger partial charge >= 0.3 is 11.9 Å². The summed E-state index contributed by atoms with van der Waals surface area (Å²) in [5, 5.41) is 19.5. The quantitative estimate of drug-likeness (QED) is 0.545. The van der Waals surface area contributed by atoms with Gasteiger partial charge in [-0.25, -0.2) is 9.59 Å². The van der Waals surface area contributed by atoms with Crippen molar-refractivity contribution < 1.29 is 34.0 Å². The molecular weight excluding hydrogens is 428 g/mol. The van der Waals surface area contributed by atoms with Gasteiger partial charge in [0.25, 0.3) is 0 Å². The molecule has 1 aliphatic rings. The highest BCUT2D eigenvalue weighted by Crippen LogP contribution is 2.34. The number of hydrogen-bond donors (Lipinski definition) is 3. The van der Waals surface area contributed by atoms with E-state index in [1.807, 2.05) is 18.2 Å². The van der Waals surface area contributed by atoms with Crippen molar-refractivity contribution in [3.8, 4) is 11.5 Å². The van der Waals surface area contributed by atoms with Gasteiger partial charge in [0.05, 0.1) is 19.4 Å². The van der Waals surface area contributed by atoms with E-state index in [2.05, 4.69) is 10.3 Å². The standard InChI is InChI=1S/C17H19ClN2O3.C4H4O4/c1-21-15-10-12(18)5-6-14(15)23-17(13-4-2-3-7-20-13)16-11-19-8-9-22-16;5-3(6)1-2-4(7)8/h2-7,10,16-17,19H,8-9,11H2,1H3;1-2H,(H,5,6)(H,7,8)/b;2-1+/t16-,17-;/m0./s1. The van der Waals surface area contributed by atoms with Crippen LogP contribution in [0.1, 0.15) is 11.8 Å². The highest BCUT2D eigenvalue weighted by Gasteiger charge is 2.29. The van der Waals surface area contributed by atoms with Crippen molar-refractivity contribution >= 4 is 23.5 Å². The van der Waals surface area contributed by atoms with E-state index in [-0.39, 0.29) is 12.2 Å². The second-order valence-electron chi connectivity index (χ2n) is 6.21. The van der Waals surface area contributed by atoms with Gasteiger partial charge in [0.2, 0.25) is 0 Å². The van der Waals surface area contributed by atoms with Crippen LogP contribution < -0.4 is 14.8 Å². The van der Waals surface area contributed by atoms with E-state index in [9.17, 15) is 9.59 Å². The van der Waals surface area contributed by atoms with Gasteiger partial charge in [0.15, 0.2) is 17.6 Å². The highest BCUT2D eigenvalue weighted by atomic mass is 35.5. The van der Waals surface area contributed by atoms with Crippen LogP contribution in [-0.2, 0) is 14.3 Å². The molecule has 0 radical (unpaired) electrons. The van der Waals surface area contributed by atoms with E-state index < -0.39 is 11.9 Å². The Hall–Kier alpha value is -3.14. The molecule has 1 aromatic carbocycles. The summed E-state index contributed by atoms with van der Waals surface area (Å²) in [6.45, 7) is 2.20. The van der Waals surface area contributed by atoms with Gasteiger partial charge in [-0.1, -0.05) is 17.7 Å². The molecule has 0 saturated carbocycles. The zero-order valence-electron chi connectivity index (χ0n) is 16.7. The normalized spacial score (nSPS) is 16.6. The number of hydrogen-bond acceptors (Lipinski definition) is 7. The zero-order valence-corrected chi connectivity index (χ0v) is 17.5. The Labute approximate surface area is 184 Å². The average molecular weight is 451 g/mol. The number of carbonyl (C=O) groups is 2. The first kappa shape index (κ1) is 24.1. The lowest BCUT2D eigenvalue weighted by molar-refractivity contribution is -0.134. The Morgan fingerprint density at radius 1 is 1.23 bits per heavy atom. The maximum Gasteiger partial charge on any atom is 0.328 e. The lowest BCUT2D eigenvalue weighted by atomic mass is 10.1. The van der Waals surface area contributed by atoms with Gasteiger partial charge in [-0.2, -0.15) is 0 Å². The minimum absolute atomic E-state index is 0.126. The first-order valence-electron chi connectivity index (χ1n) is 9.28. The van der Waals surface area contributed by atoms with Crippen molar-refractivity contribution in [2.75, 3.05) is 26.8 Å². The number of benzene rings is 1. The van der Waals surface area contributed by atoms with Gasteiger partial charge in [0, 0.05) is 42.5 Å². The van der Waals surface area contributed by atoms with Gasteiger partial charge < -0.3 is 29.7 Å². The summed E-state index contributed by atoms with van der Waals surface area (Å²) < 4.78 is 17.4. The lowest BCUT2D eigenvalue weighted by Gasteiger charge is -2.31. The van der Waals surface area contributed by atoms with E-state index in [1.165, 1.54) is 0 Å². The molecule has 9 nitrogen and oxygen atoms in total. The summed E-state index contributed by atoms with van der Waals surface area (Å²) in [4.78, 5) is 23.5. The molecule has 0 aliphatic carbocycles. The molecule has 2 aromatic rings. The van der Waals surface area contributed by atoms with Gasteiger partial charge in [-0.05, 0) is 24.3 Å². The molecule has 2 heterocycles. The molecule has 1 aliphatic heterocycles. The third-order valence-corrected chi connectivity index (χ3v) is 4.26. The third-order valence-electron chi connectivity index (χ3n) is 4.02. The van der Waals surface area contributed by atoms with Crippen molar-refractivity contribution in [2.45, 2.75) is 12.2 Å². The van der Waals surface area contributed by atoms with Gasteiger partial charge in [0.1, 0.15) is 6.10 Å². The second-order valence-corrected chi connectivity index (χ2v) is 6.65. The number of carboxylic acids is 2. The average Bonchev–Trinajstić information content (AvgIpc) is 2.78. The van der Waals surface area contributed by atoms with Crippen molar-refractivity contribution in [3.05, 3.63) is 65.5 Å². The number of pyridine rings is 1. The number of ether oxygens (including phenoxy) is 3. The molecular formula is C21H23ClN2O7. The van der Waals surface area contributed by atoms with Gasteiger partial charge in [-0.3, -0.25) is 4.98 Å². The summed E-state index contributed by atoms with van der Waals surface area (Å²) in [7, 11) is 1.59. The Morgan fingerprint density at radius 2 is 1.97 bits per heavy atom. The van der Waals surface area contributed by atoms with Crippen LogP contribution in [0.2, 0.25) is 5.02 Å². The number of halogens is 1. The molecule has 0 amide bonds. The molecule has 10 heteroatoms. The van der Waals surface area contributed by atoms with E-state index in [0.717, 1.165) is 12.2 Å². The molecule has 1 aromatic heterocycles. The molecule has 1 fully saturated rings. The predicted molar refractivity (Wildman–Crippen MR) is 113 cm³/mol. The maximum absolute atomic E-state index is 9.55. The molecule has 31 heavy (non-hydrogen) atoms. The molecule has 0 bridgehead atoms. The van der Waals surface area contributed by atoms with E-state index >= 15 is 0 Å². The van der Waals surface area contributed by atoms with Crippen molar-refractivity contribution in [1.82, 2.24) is 10.3 Å². The van der Waals surface area contributed by atoms with Crippen LogP contribution in [0.4, 0.5) is 0 Å². The second kappa shape index (κ2) is 12.5. The monoisotopic (exact) mass is 450 g/mol. The fourth-order valence-corrected chi connectivity index (χ4v) is 2.83. The minimum atomic E-state index is -1.26. The molecule has 166 valence electrons. The number of aliphatic carboxylic acids is 2. The first-order valence-corrected chi connectivity index (χ1v) is 9.66. The smallest absolute Gasteiger partial charge is 0.328 e. The van der Waals surface area contributed by atoms with E-state index in [0.29, 0.717) is 41.8 Å². The number of nitrogens with zero attached hydrogens (tertiary/aromatic N) is 1. The number of morpholine rings is 1. The van der Waals surface area contributed by atoms with Crippen LogP contribution in [0.3, 0.4) is 0 Å². The van der Waals surface area contributed by atoms with Crippen LogP contribution in [0.15, 0.2) is 54.7 Å². The largest absolute Gasteiger partial charge is 0.493 e. The van der Waals surface area contributed by atoms with E-state index in [4.69, 9.17) is 36.0 Å². The first-order chi connectivity index (χ1) is 14.9. The van der Waals surface area contributed by atoms with Crippen molar-refractivity contribution in [1.29, 1.82) is 0 Å². The summed E-state index contributed by atoms with van der Waals surface area (Å²) in [6, 6.07) is 11.1. The Balaban J connectivity index is 0.000000366. The highest BCUT2D eigenvalue weighted by molar-refractivity contribution is 6.30. The lowest BCUT2D eigenvalue weighted by Crippen LogP contribution is -2.43. The van der Waals surface area contributed by atoms with Crippen molar-refractivity contribution in [3.63, 3.8) is 0 Å². The summed E-state index contributed by atoms with van der Waals surface area (Å²) in [6.07, 6.45) is 2.41. The summed E-state index contributed by atoms with van der Waals surface area (Å²) in [5.41, 5.74) is 0.818. The topological polar surface area (TPSA) is 127 Å². The zero-order chi connectivity index (χ0) is 22.6. The maximum atomic E-state index is 9.55. The van der Waals surface area contributed by atoms with Crippen LogP contribution >= 0.6 is 11.6 Å². The Bertz CT molecular complexity index is 871. The Kier molecular flexibility index (Phi) is 9.76. The molecule has 3 N–H and O–H groups in total. The molecule has 0 spiro atoms. The van der Waals surface area contributed by atoms with Crippen LogP contribution in [-0.4, -0.2) is 60.0 Å². The number of nitrogens with one attached hydrogen (secondary N) is 1. The number of rotatable bonds is 7. The van der Waals surface area contributed by atoms with Gasteiger partial charge in [-0.15, -0.1) is 0 Å². The summed E-state index contributed by atoms with van der Waals surface area (Å²) >= 11 is 6.02. The van der Waals surface area contributed by atoms with Crippen LogP contribution in [0, 0.1) is 0 Å². The van der Waals surface area contributed by atoms with Crippen LogP contribution in [0.25, 0.3) is 0 Å². The molecule has 2 atom stereocenters. The number of aromatic nitrogens is 1. The third kappa shape index (κ3) is 8.25. The fraction of sp³-hybridized carbons (Fsp3) is 0.286. The summed E-state index contributed by atoms with van der Waals surface area (Å²) in [5.74, 6) is -1.32. The molecule has 0 unspecified atom stereocenters. The van der Waals surface area contributed by atoms with Crippen molar-refractivity contribution in [2.24, 2.45) is 0 Å². The predicted octanol–water partition coefficient (Wildman–Crippen LogP) is 2.56. The molecule has 1 saturated heterocycles. The fourth-order valence-electron chi connectivity index (χ4n) is 2.67. The number of methoxy groups -OCH3 is 1. The number of carboxylic acid groups (broad SMARTS) is 2. The molecule has 3 rings (SSSR count).